The van der Waals surface area contributed by atoms with Crippen LogP contribution < -0.4 is 15.5 Å². The molecule has 1 aromatic heterocycles. The van der Waals surface area contributed by atoms with Crippen molar-refractivity contribution in [3.63, 3.8) is 0 Å². The third-order valence-corrected chi connectivity index (χ3v) is 2.59. The molecular formula is C13H23N5O. The molecule has 0 aliphatic rings. The summed E-state index contributed by atoms with van der Waals surface area (Å²) in [6, 6.07) is 0. The number of rotatable bonds is 8. The fourth-order valence-electron chi connectivity index (χ4n) is 1.63. The van der Waals surface area contributed by atoms with Crippen molar-refractivity contribution in [2.45, 2.75) is 27.2 Å². The van der Waals surface area contributed by atoms with E-state index in [4.69, 9.17) is 0 Å². The molecule has 1 aromatic rings. The van der Waals surface area contributed by atoms with Crippen LogP contribution in [0, 0.1) is 0 Å². The first-order valence-electron chi connectivity index (χ1n) is 6.78. The quantitative estimate of drug-likeness (QED) is 0.740. The Morgan fingerprint density at radius 2 is 2.11 bits per heavy atom. The molecule has 0 atom stereocenters. The number of nitrogens with one attached hydrogen (secondary N) is 2. The third-order valence-electron chi connectivity index (χ3n) is 2.59. The molecule has 106 valence electrons. The van der Waals surface area contributed by atoms with Crippen LogP contribution in [0.4, 0.5) is 11.6 Å². The minimum Gasteiger partial charge on any atom is -0.369 e. The monoisotopic (exact) mass is 265 g/mol. The molecule has 0 unspecified atom stereocenters. The molecule has 19 heavy (non-hydrogen) atoms. The van der Waals surface area contributed by atoms with Gasteiger partial charge < -0.3 is 15.5 Å². The maximum absolute atomic E-state index is 11.6. The zero-order chi connectivity index (χ0) is 14.1. The van der Waals surface area contributed by atoms with Crippen molar-refractivity contribution in [3.05, 3.63) is 12.4 Å². The second-order valence-corrected chi connectivity index (χ2v) is 4.16. The highest BCUT2D eigenvalue weighted by molar-refractivity contribution is 5.80. The summed E-state index contributed by atoms with van der Waals surface area (Å²) >= 11 is 0. The Labute approximate surface area is 114 Å². The van der Waals surface area contributed by atoms with Crippen LogP contribution in [0.5, 0.6) is 0 Å². The molecule has 0 saturated heterocycles. The maximum Gasteiger partial charge on any atom is 0.239 e. The van der Waals surface area contributed by atoms with Gasteiger partial charge in [-0.25, -0.2) is 4.98 Å². The van der Waals surface area contributed by atoms with E-state index in [9.17, 15) is 4.79 Å². The van der Waals surface area contributed by atoms with Gasteiger partial charge in [0.1, 0.15) is 11.6 Å². The van der Waals surface area contributed by atoms with Crippen molar-refractivity contribution < 1.29 is 4.79 Å². The molecule has 1 heterocycles. The van der Waals surface area contributed by atoms with Crippen molar-refractivity contribution >= 4 is 17.5 Å². The highest BCUT2D eigenvalue weighted by Gasteiger charge is 2.11. The molecule has 6 heteroatoms. The van der Waals surface area contributed by atoms with Crippen LogP contribution in [-0.4, -0.2) is 42.1 Å². The molecule has 1 amide bonds. The van der Waals surface area contributed by atoms with Gasteiger partial charge >= 0.3 is 0 Å². The van der Waals surface area contributed by atoms with Crippen LogP contribution in [0.25, 0.3) is 0 Å². The van der Waals surface area contributed by atoms with Crippen molar-refractivity contribution in [3.8, 4) is 0 Å². The highest BCUT2D eigenvalue weighted by atomic mass is 16.2. The number of likely N-dealkylation sites (N-methyl/N-ethyl adjacent to an activating group) is 2. The largest absolute Gasteiger partial charge is 0.369 e. The summed E-state index contributed by atoms with van der Waals surface area (Å²) in [5, 5.41) is 5.98. The molecule has 0 aliphatic carbocycles. The van der Waals surface area contributed by atoms with Crippen molar-refractivity contribution in [1.29, 1.82) is 0 Å². The van der Waals surface area contributed by atoms with E-state index >= 15 is 0 Å². The van der Waals surface area contributed by atoms with E-state index in [2.05, 4.69) is 27.5 Å². The molecule has 0 aromatic carbocycles. The second-order valence-electron chi connectivity index (χ2n) is 4.16. The predicted octanol–water partition coefficient (Wildman–Crippen LogP) is 1.26. The van der Waals surface area contributed by atoms with Gasteiger partial charge in [-0.05, 0) is 20.3 Å². The van der Waals surface area contributed by atoms with Crippen molar-refractivity contribution in [2.24, 2.45) is 0 Å². The fourth-order valence-corrected chi connectivity index (χ4v) is 1.63. The van der Waals surface area contributed by atoms with Gasteiger partial charge in [0.05, 0.1) is 18.9 Å². The van der Waals surface area contributed by atoms with Crippen LogP contribution in [0.15, 0.2) is 12.4 Å². The van der Waals surface area contributed by atoms with E-state index in [-0.39, 0.29) is 5.91 Å². The van der Waals surface area contributed by atoms with Crippen LogP contribution in [-0.2, 0) is 4.79 Å². The summed E-state index contributed by atoms with van der Waals surface area (Å²) in [5.74, 6) is 1.46. The van der Waals surface area contributed by atoms with Crippen LogP contribution in [0.2, 0.25) is 0 Å². The van der Waals surface area contributed by atoms with E-state index in [1.165, 1.54) is 0 Å². The number of carbonyl (C=O) groups is 1. The van der Waals surface area contributed by atoms with E-state index in [0.717, 1.165) is 24.6 Å². The molecule has 2 N–H and O–H groups in total. The molecule has 6 nitrogen and oxygen atoms in total. The molecule has 1 rings (SSSR count). The summed E-state index contributed by atoms with van der Waals surface area (Å²) in [7, 11) is 0. The SMILES string of the molecule is CCCNc1cncc(N(CC)CC(=O)NCC)n1. The van der Waals surface area contributed by atoms with Crippen LogP contribution in [0.3, 0.4) is 0 Å². The Bertz CT molecular complexity index is 396. The minimum atomic E-state index is -0.00179. The van der Waals surface area contributed by atoms with Crippen LogP contribution >= 0.6 is 0 Å². The normalized spacial score (nSPS) is 10.1. The molecule has 0 saturated carbocycles. The molecule has 0 aliphatic heterocycles. The lowest BCUT2D eigenvalue weighted by molar-refractivity contribution is -0.119. The molecular weight excluding hydrogens is 242 g/mol. The minimum absolute atomic E-state index is 0.00179. The van der Waals surface area contributed by atoms with Gasteiger partial charge in [-0.1, -0.05) is 6.92 Å². The van der Waals surface area contributed by atoms with E-state index < -0.39 is 0 Å². The Kier molecular flexibility index (Phi) is 6.63. The van der Waals surface area contributed by atoms with Gasteiger partial charge in [0, 0.05) is 19.6 Å². The Balaban J connectivity index is 2.71. The number of amides is 1. The predicted molar refractivity (Wildman–Crippen MR) is 77.4 cm³/mol. The summed E-state index contributed by atoms with van der Waals surface area (Å²) in [5.41, 5.74) is 0. The Morgan fingerprint density at radius 1 is 1.32 bits per heavy atom. The van der Waals surface area contributed by atoms with E-state index in [1.807, 2.05) is 18.7 Å². The van der Waals surface area contributed by atoms with E-state index in [1.54, 1.807) is 12.4 Å². The fraction of sp³-hybridized carbons (Fsp3) is 0.615. The summed E-state index contributed by atoms with van der Waals surface area (Å²) < 4.78 is 0. The number of hydrogen-bond donors (Lipinski definition) is 2. The third kappa shape index (κ3) is 5.11. The van der Waals surface area contributed by atoms with Gasteiger partial charge in [0.25, 0.3) is 0 Å². The number of carbonyl (C=O) groups excluding carboxylic acids is 1. The average molecular weight is 265 g/mol. The zero-order valence-corrected chi connectivity index (χ0v) is 11.9. The standard InChI is InChI=1S/C13H23N5O/c1-4-7-16-11-8-14-9-12(17-11)18(6-3)10-13(19)15-5-2/h8-9H,4-7,10H2,1-3H3,(H,15,19)(H,16,17). The van der Waals surface area contributed by atoms with Gasteiger partial charge in [0.2, 0.25) is 5.91 Å². The first-order valence-corrected chi connectivity index (χ1v) is 6.78. The Hall–Kier alpha value is -1.85. The van der Waals surface area contributed by atoms with Gasteiger partial charge in [-0.3, -0.25) is 9.78 Å². The average Bonchev–Trinajstić information content (AvgIpc) is 2.43. The molecule has 0 radical (unpaired) electrons. The lowest BCUT2D eigenvalue weighted by atomic mass is 10.4. The smallest absolute Gasteiger partial charge is 0.239 e. The van der Waals surface area contributed by atoms with Gasteiger partial charge in [-0.2, -0.15) is 0 Å². The summed E-state index contributed by atoms with van der Waals surface area (Å²) in [6.45, 7) is 8.51. The first-order chi connectivity index (χ1) is 9.21. The highest BCUT2D eigenvalue weighted by Crippen LogP contribution is 2.11. The number of aromatic nitrogens is 2. The van der Waals surface area contributed by atoms with Gasteiger partial charge in [0.15, 0.2) is 0 Å². The topological polar surface area (TPSA) is 70.2 Å². The lowest BCUT2D eigenvalue weighted by Crippen LogP contribution is -2.37. The zero-order valence-electron chi connectivity index (χ0n) is 11.9. The van der Waals surface area contributed by atoms with Gasteiger partial charge in [-0.15, -0.1) is 0 Å². The molecule has 0 bridgehead atoms. The summed E-state index contributed by atoms with van der Waals surface area (Å²) in [4.78, 5) is 22.2. The molecule has 0 fully saturated rings. The second kappa shape index (κ2) is 8.29. The van der Waals surface area contributed by atoms with Crippen molar-refractivity contribution in [2.75, 3.05) is 36.4 Å². The summed E-state index contributed by atoms with van der Waals surface area (Å²) in [6.07, 6.45) is 4.40. The van der Waals surface area contributed by atoms with E-state index in [0.29, 0.717) is 19.6 Å². The number of hydrogen-bond acceptors (Lipinski definition) is 5. The number of anilines is 2. The maximum atomic E-state index is 11.6. The number of nitrogens with zero attached hydrogens (tertiary/aromatic N) is 3. The lowest BCUT2D eigenvalue weighted by Gasteiger charge is -2.21. The Morgan fingerprint density at radius 3 is 2.74 bits per heavy atom. The van der Waals surface area contributed by atoms with Crippen LogP contribution in [0.1, 0.15) is 27.2 Å². The molecule has 0 spiro atoms. The first kappa shape index (κ1) is 15.2. The van der Waals surface area contributed by atoms with Crippen molar-refractivity contribution in [1.82, 2.24) is 15.3 Å².